The third-order valence-electron chi connectivity index (χ3n) is 5.39. The van der Waals surface area contributed by atoms with Crippen LogP contribution in [-0.2, 0) is 19.1 Å². The summed E-state index contributed by atoms with van der Waals surface area (Å²) in [5, 5.41) is 3.31. The van der Waals surface area contributed by atoms with Gasteiger partial charge in [0.05, 0.1) is 12.5 Å². The minimum absolute atomic E-state index is 0.0827. The fraction of sp³-hybridized carbons (Fsp3) is 0.375. The molecule has 1 fully saturated rings. The second-order valence-corrected chi connectivity index (χ2v) is 8.23. The van der Waals surface area contributed by atoms with E-state index in [0.29, 0.717) is 18.1 Å². The smallest absolute Gasteiger partial charge is 0.309 e. The molecule has 2 aromatic rings. The van der Waals surface area contributed by atoms with Gasteiger partial charge in [-0.05, 0) is 36.8 Å². The molecule has 0 aliphatic carbocycles. The van der Waals surface area contributed by atoms with Gasteiger partial charge in [0, 0.05) is 43.8 Å². The molecule has 7 nitrogen and oxygen atoms in total. The van der Waals surface area contributed by atoms with E-state index in [9.17, 15) is 14.4 Å². The first-order valence-electron chi connectivity index (χ1n) is 10.6. The lowest BCUT2D eigenvalue weighted by Crippen LogP contribution is -2.51. The van der Waals surface area contributed by atoms with Gasteiger partial charge in [0.2, 0.25) is 5.91 Å². The monoisotopic (exact) mass is 457 g/mol. The van der Waals surface area contributed by atoms with Gasteiger partial charge in [-0.25, -0.2) is 0 Å². The molecule has 170 valence electrons. The average Bonchev–Trinajstić information content (AvgIpc) is 2.79. The maximum Gasteiger partial charge on any atom is 0.309 e. The number of hydrogen-bond acceptors (Lipinski definition) is 5. The van der Waals surface area contributed by atoms with E-state index in [1.165, 1.54) is 6.92 Å². The number of halogens is 1. The van der Waals surface area contributed by atoms with Gasteiger partial charge in [-0.15, -0.1) is 0 Å². The molecule has 1 heterocycles. The van der Waals surface area contributed by atoms with Crippen LogP contribution in [0.5, 0.6) is 0 Å². The van der Waals surface area contributed by atoms with Crippen molar-refractivity contribution in [1.82, 2.24) is 10.2 Å². The highest BCUT2D eigenvalue weighted by Crippen LogP contribution is 2.21. The molecular weight excluding hydrogens is 430 g/mol. The van der Waals surface area contributed by atoms with E-state index >= 15 is 0 Å². The number of para-hydroxylation sites is 1. The minimum Gasteiger partial charge on any atom is -0.452 e. The van der Waals surface area contributed by atoms with Crippen LogP contribution in [0.1, 0.15) is 31.9 Å². The number of benzene rings is 2. The number of anilines is 1. The largest absolute Gasteiger partial charge is 0.452 e. The Balaban J connectivity index is 1.53. The van der Waals surface area contributed by atoms with Gasteiger partial charge in [0.15, 0.2) is 6.10 Å². The molecular formula is C24H28ClN3O4. The lowest BCUT2D eigenvalue weighted by atomic mass is 10.0. The molecule has 0 saturated carbocycles. The number of esters is 1. The Bertz CT molecular complexity index is 928. The van der Waals surface area contributed by atoms with Crippen molar-refractivity contribution in [2.24, 2.45) is 0 Å². The molecule has 3 rings (SSSR count). The molecule has 32 heavy (non-hydrogen) atoms. The number of nitrogens with one attached hydrogen (secondary N) is 1. The summed E-state index contributed by atoms with van der Waals surface area (Å²) in [6, 6.07) is 16.4. The average molecular weight is 458 g/mol. The highest BCUT2D eigenvalue weighted by atomic mass is 35.5. The lowest BCUT2D eigenvalue weighted by molar-refractivity contribution is -0.159. The highest BCUT2D eigenvalue weighted by Gasteiger charge is 2.28. The summed E-state index contributed by atoms with van der Waals surface area (Å²) in [4.78, 5) is 40.9. The standard InChI is InChI=1S/C24H28ClN3O4/c1-17(24(31)28-14-12-27(13-15-28)21-6-4-3-5-7-21)32-23(30)16-22(26-18(2)29)19-8-10-20(25)11-9-19/h3-11,17,22H,12-16H2,1-2H3,(H,26,29). The molecule has 0 spiro atoms. The molecule has 8 heteroatoms. The Labute approximate surface area is 193 Å². The van der Waals surface area contributed by atoms with Crippen molar-refractivity contribution in [2.75, 3.05) is 31.1 Å². The van der Waals surface area contributed by atoms with Crippen molar-refractivity contribution >= 4 is 35.1 Å². The third-order valence-corrected chi connectivity index (χ3v) is 5.64. The zero-order valence-electron chi connectivity index (χ0n) is 18.3. The van der Waals surface area contributed by atoms with E-state index in [0.717, 1.165) is 24.3 Å². The number of carbonyl (C=O) groups is 3. The van der Waals surface area contributed by atoms with Crippen LogP contribution in [-0.4, -0.2) is 55.0 Å². The van der Waals surface area contributed by atoms with Crippen LogP contribution >= 0.6 is 11.6 Å². The molecule has 2 amide bonds. The van der Waals surface area contributed by atoms with Crippen molar-refractivity contribution in [2.45, 2.75) is 32.4 Å². The molecule has 1 aliphatic rings. The minimum atomic E-state index is -0.894. The number of nitrogens with zero attached hydrogens (tertiary/aromatic N) is 2. The van der Waals surface area contributed by atoms with Crippen molar-refractivity contribution in [1.29, 1.82) is 0 Å². The SMILES string of the molecule is CC(=O)NC(CC(=O)OC(C)C(=O)N1CCN(c2ccccc2)CC1)c1ccc(Cl)cc1. The van der Waals surface area contributed by atoms with Gasteiger partial charge < -0.3 is 19.9 Å². The summed E-state index contributed by atoms with van der Waals surface area (Å²) in [6.07, 6.45) is -0.977. The second-order valence-electron chi connectivity index (χ2n) is 7.79. The maximum atomic E-state index is 12.8. The van der Waals surface area contributed by atoms with E-state index < -0.39 is 18.1 Å². The van der Waals surface area contributed by atoms with Crippen LogP contribution in [0.4, 0.5) is 5.69 Å². The predicted octanol–water partition coefficient (Wildman–Crippen LogP) is 3.19. The summed E-state index contributed by atoms with van der Waals surface area (Å²) in [7, 11) is 0. The number of hydrogen-bond donors (Lipinski definition) is 1. The molecule has 2 aromatic carbocycles. The van der Waals surface area contributed by atoms with E-state index in [4.69, 9.17) is 16.3 Å². The Hall–Kier alpha value is -3.06. The number of amides is 2. The number of carbonyl (C=O) groups excluding carboxylic acids is 3. The first-order valence-corrected chi connectivity index (χ1v) is 11.0. The van der Waals surface area contributed by atoms with Gasteiger partial charge in [0.1, 0.15) is 0 Å². The summed E-state index contributed by atoms with van der Waals surface area (Å²) >= 11 is 5.93. The summed E-state index contributed by atoms with van der Waals surface area (Å²) < 4.78 is 5.41. The fourth-order valence-electron chi connectivity index (χ4n) is 3.74. The number of rotatable bonds is 7. The second kappa shape index (κ2) is 11.0. The molecule has 2 atom stereocenters. The number of ether oxygens (including phenoxy) is 1. The van der Waals surface area contributed by atoms with Gasteiger partial charge in [-0.1, -0.05) is 41.9 Å². The van der Waals surface area contributed by atoms with Crippen LogP contribution < -0.4 is 10.2 Å². The third kappa shape index (κ3) is 6.47. The quantitative estimate of drug-likeness (QED) is 0.646. The Morgan fingerprint density at radius 1 is 1.00 bits per heavy atom. The molecule has 0 radical (unpaired) electrons. The van der Waals surface area contributed by atoms with Crippen LogP contribution in [0.15, 0.2) is 54.6 Å². The Morgan fingerprint density at radius 2 is 1.62 bits per heavy atom. The molecule has 0 aromatic heterocycles. The summed E-state index contributed by atoms with van der Waals surface area (Å²) in [5.41, 5.74) is 1.86. The van der Waals surface area contributed by atoms with E-state index in [1.807, 2.05) is 30.3 Å². The molecule has 1 aliphatic heterocycles. The van der Waals surface area contributed by atoms with Crippen molar-refractivity contribution in [3.05, 3.63) is 65.2 Å². The van der Waals surface area contributed by atoms with Crippen LogP contribution in [0, 0.1) is 0 Å². The highest BCUT2D eigenvalue weighted by molar-refractivity contribution is 6.30. The molecule has 1 N–H and O–H groups in total. The molecule has 2 unspecified atom stereocenters. The fourth-order valence-corrected chi connectivity index (χ4v) is 3.86. The van der Waals surface area contributed by atoms with Crippen LogP contribution in [0.2, 0.25) is 5.02 Å². The predicted molar refractivity (Wildman–Crippen MR) is 123 cm³/mol. The van der Waals surface area contributed by atoms with Crippen LogP contribution in [0.3, 0.4) is 0 Å². The van der Waals surface area contributed by atoms with Crippen molar-refractivity contribution in [3.63, 3.8) is 0 Å². The van der Waals surface area contributed by atoms with Gasteiger partial charge in [-0.3, -0.25) is 14.4 Å². The van der Waals surface area contributed by atoms with Crippen LogP contribution in [0.25, 0.3) is 0 Å². The van der Waals surface area contributed by atoms with Crippen molar-refractivity contribution in [3.8, 4) is 0 Å². The first-order chi connectivity index (χ1) is 15.3. The Morgan fingerprint density at radius 3 is 2.22 bits per heavy atom. The maximum absolute atomic E-state index is 12.8. The van der Waals surface area contributed by atoms with E-state index in [-0.39, 0.29) is 18.2 Å². The van der Waals surface area contributed by atoms with Gasteiger partial charge >= 0.3 is 5.97 Å². The zero-order valence-corrected chi connectivity index (χ0v) is 19.0. The Kier molecular flexibility index (Phi) is 8.11. The first kappa shape index (κ1) is 23.6. The van der Waals surface area contributed by atoms with Gasteiger partial charge in [-0.2, -0.15) is 0 Å². The van der Waals surface area contributed by atoms with Gasteiger partial charge in [0.25, 0.3) is 5.91 Å². The topological polar surface area (TPSA) is 78.9 Å². The van der Waals surface area contributed by atoms with Crippen molar-refractivity contribution < 1.29 is 19.1 Å². The van der Waals surface area contributed by atoms with E-state index in [1.54, 1.807) is 36.1 Å². The number of piperazine rings is 1. The summed E-state index contributed by atoms with van der Waals surface area (Å²) in [6.45, 7) is 5.54. The lowest BCUT2D eigenvalue weighted by Gasteiger charge is -2.37. The molecule has 1 saturated heterocycles. The summed E-state index contributed by atoms with van der Waals surface area (Å²) in [5.74, 6) is -1.03. The normalized spacial score (nSPS) is 15.6. The van der Waals surface area contributed by atoms with E-state index in [2.05, 4.69) is 10.2 Å². The zero-order chi connectivity index (χ0) is 23.1. The molecule has 0 bridgehead atoms.